The van der Waals surface area contributed by atoms with Gasteiger partial charge in [-0.05, 0) is 95.3 Å². The molecule has 2 heterocycles. The average Bonchev–Trinajstić information content (AvgIpc) is 3.22. The third-order valence-electron chi connectivity index (χ3n) is 8.79. The summed E-state index contributed by atoms with van der Waals surface area (Å²) in [6.45, 7) is 2.90. The van der Waals surface area contributed by atoms with E-state index in [0.717, 1.165) is 22.5 Å². The standard InChI is InChI=1S/C24H24ClFN2O2.C20H18ClFN2O.CH2Cl2.2CH4.ClH/c1-3-27-22(29)12-10-20-9-7-16(15-28-20)13-18-8-11-21(30-2)23(24(18)26)17-5-4-6-19(25)14-17;1-25-18-8-6-15(9-13-5-7-17(11-23)24-12-13)20(22)19(18)14-3-2-4-16(21)10-14;2-1-3;;;/h4-9,11,14-15H,3,10,12-13H2,1-2H3,(H,27,29);2-8,10,12H,9,11,23H2,1H3;1H2;2*1H4;1H. The van der Waals surface area contributed by atoms with Crippen molar-refractivity contribution in [2.75, 3.05) is 26.1 Å². The van der Waals surface area contributed by atoms with Crippen molar-refractivity contribution in [3.63, 3.8) is 0 Å². The maximum absolute atomic E-state index is 15.4. The number of alkyl halides is 2. The van der Waals surface area contributed by atoms with E-state index >= 15 is 8.78 Å². The highest BCUT2D eigenvalue weighted by atomic mass is 35.5. The Kier molecular flexibility index (Phi) is 25.2. The van der Waals surface area contributed by atoms with Crippen LogP contribution in [0.15, 0.2) is 109 Å². The highest BCUT2D eigenvalue weighted by Gasteiger charge is 2.18. The van der Waals surface area contributed by atoms with Crippen molar-refractivity contribution >= 4 is 64.7 Å². The number of rotatable bonds is 13. The number of aromatic nitrogens is 2. The fourth-order valence-corrected chi connectivity index (χ4v) is 6.38. The van der Waals surface area contributed by atoms with Gasteiger partial charge in [0.15, 0.2) is 0 Å². The lowest BCUT2D eigenvalue weighted by molar-refractivity contribution is -0.120. The van der Waals surface area contributed by atoms with Crippen LogP contribution in [0.2, 0.25) is 10.0 Å². The number of nitrogens with two attached hydrogens (primary N) is 1. The molecule has 0 saturated heterocycles. The molecule has 0 aliphatic heterocycles. The maximum atomic E-state index is 15.4. The van der Waals surface area contributed by atoms with Gasteiger partial charge in [0.05, 0.1) is 36.4 Å². The quantitative estimate of drug-likeness (QED) is 0.112. The molecule has 2 aromatic heterocycles. The molecular formula is C47H53Cl5F2N4O3. The van der Waals surface area contributed by atoms with Crippen LogP contribution in [0.3, 0.4) is 0 Å². The van der Waals surface area contributed by atoms with Crippen LogP contribution in [-0.4, -0.2) is 42.0 Å². The summed E-state index contributed by atoms with van der Waals surface area (Å²) >= 11 is 21.7. The molecule has 14 heteroatoms. The van der Waals surface area contributed by atoms with Gasteiger partial charge in [-0.15, -0.1) is 35.6 Å². The maximum Gasteiger partial charge on any atom is 0.220 e. The van der Waals surface area contributed by atoms with Crippen molar-refractivity contribution in [1.82, 2.24) is 15.3 Å². The molecule has 0 unspecified atom stereocenters. The number of pyridine rings is 2. The van der Waals surface area contributed by atoms with Gasteiger partial charge >= 0.3 is 0 Å². The number of nitrogens with one attached hydrogen (secondary N) is 1. The van der Waals surface area contributed by atoms with Gasteiger partial charge in [0, 0.05) is 60.5 Å². The molecule has 0 fully saturated rings. The van der Waals surface area contributed by atoms with Crippen LogP contribution in [0.5, 0.6) is 11.5 Å². The zero-order valence-electron chi connectivity index (χ0n) is 32.7. The van der Waals surface area contributed by atoms with Crippen molar-refractivity contribution in [1.29, 1.82) is 0 Å². The molecular weight excluding hydrogens is 884 g/mol. The molecule has 0 bridgehead atoms. The monoisotopic (exact) mass is 934 g/mol. The number of halogens is 7. The SMILES string of the molecule is C.C.CCNC(=O)CCc1ccc(Cc2ccc(OC)c(-c3cccc(Cl)c3)c2F)cn1.COc1ccc(Cc2ccc(CN)nc2)c(F)c1-c1cccc(Cl)c1.Cl.ClCCl. The molecule has 6 aromatic rings. The first-order valence-corrected chi connectivity index (χ1v) is 20.1. The van der Waals surface area contributed by atoms with Gasteiger partial charge < -0.3 is 20.5 Å². The Morgan fingerprint density at radius 2 is 1.15 bits per heavy atom. The first-order chi connectivity index (χ1) is 28.0. The molecule has 6 rings (SSSR count). The largest absolute Gasteiger partial charge is 0.496 e. The van der Waals surface area contributed by atoms with Crippen LogP contribution in [0.25, 0.3) is 22.3 Å². The van der Waals surface area contributed by atoms with Gasteiger partial charge in [-0.3, -0.25) is 14.8 Å². The zero-order valence-corrected chi connectivity index (χ0v) is 36.6. The van der Waals surface area contributed by atoms with E-state index < -0.39 is 0 Å². The van der Waals surface area contributed by atoms with Gasteiger partial charge in [-0.25, -0.2) is 8.78 Å². The van der Waals surface area contributed by atoms with Crippen molar-refractivity contribution in [3.8, 4) is 33.8 Å². The summed E-state index contributed by atoms with van der Waals surface area (Å²) in [5.41, 5.74) is 12.3. The number of carbonyl (C=O) groups is 1. The highest BCUT2D eigenvalue weighted by molar-refractivity contribution is 6.40. The van der Waals surface area contributed by atoms with Crippen LogP contribution in [0.4, 0.5) is 8.78 Å². The molecule has 61 heavy (non-hydrogen) atoms. The molecule has 0 atom stereocenters. The van der Waals surface area contributed by atoms with Gasteiger partial charge in [-0.1, -0.05) is 86.6 Å². The number of carbonyl (C=O) groups excluding carboxylic acids is 1. The molecule has 7 nitrogen and oxygen atoms in total. The number of ether oxygens (including phenoxy) is 2. The summed E-state index contributed by atoms with van der Waals surface area (Å²) in [5.74, 6) is 0.288. The van der Waals surface area contributed by atoms with E-state index in [9.17, 15) is 4.79 Å². The highest BCUT2D eigenvalue weighted by Crippen LogP contribution is 2.37. The molecule has 4 aromatic carbocycles. The van der Waals surface area contributed by atoms with Gasteiger partial charge in [0.2, 0.25) is 5.91 Å². The van der Waals surface area contributed by atoms with Crippen LogP contribution in [0.1, 0.15) is 61.8 Å². The van der Waals surface area contributed by atoms with Crippen molar-refractivity contribution < 1.29 is 23.0 Å². The van der Waals surface area contributed by atoms with Gasteiger partial charge in [-0.2, -0.15) is 0 Å². The predicted molar refractivity (Wildman–Crippen MR) is 253 cm³/mol. The van der Waals surface area contributed by atoms with E-state index in [1.165, 1.54) is 14.2 Å². The van der Waals surface area contributed by atoms with Crippen LogP contribution in [-0.2, 0) is 30.6 Å². The second-order valence-electron chi connectivity index (χ2n) is 12.7. The lowest BCUT2D eigenvalue weighted by Gasteiger charge is -2.14. The first kappa shape index (κ1) is 54.5. The second-order valence-corrected chi connectivity index (χ2v) is 14.4. The van der Waals surface area contributed by atoms with Crippen molar-refractivity contribution in [2.24, 2.45) is 5.73 Å². The summed E-state index contributed by atoms with van der Waals surface area (Å²) in [4.78, 5) is 20.3. The first-order valence-electron chi connectivity index (χ1n) is 18.2. The van der Waals surface area contributed by atoms with Crippen LogP contribution in [0, 0.1) is 11.6 Å². The lowest BCUT2D eigenvalue weighted by atomic mass is 9.97. The normalized spacial score (nSPS) is 9.93. The lowest BCUT2D eigenvalue weighted by Crippen LogP contribution is -2.22. The summed E-state index contributed by atoms with van der Waals surface area (Å²) in [6.07, 6.45) is 5.26. The van der Waals surface area contributed by atoms with Crippen LogP contribution < -0.4 is 20.5 Å². The van der Waals surface area contributed by atoms with Gasteiger partial charge in [0.1, 0.15) is 23.1 Å². The predicted octanol–water partition coefficient (Wildman–Crippen LogP) is 12.9. The fraction of sp³-hybridized carbons (Fsp3) is 0.255. The van der Waals surface area contributed by atoms with E-state index in [1.807, 2.05) is 43.3 Å². The number of methoxy groups -OCH3 is 2. The molecule has 0 aliphatic rings. The van der Waals surface area contributed by atoms with Crippen LogP contribution >= 0.6 is 58.8 Å². The number of aryl methyl sites for hydroxylation is 1. The summed E-state index contributed by atoms with van der Waals surface area (Å²) in [7, 11) is 3.05. The zero-order chi connectivity index (χ0) is 42.0. The fourth-order valence-electron chi connectivity index (χ4n) is 6.00. The number of hydrogen-bond donors (Lipinski definition) is 2. The molecule has 0 spiro atoms. The van der Waals surface area contributed by atoms with Crippen molar-refractivity contribution in [2.45, 2.75) is 54.0 Å². The van der Waals surface area contributed by atoms with Gasteiger partial charge in [0.25, 0.3) is 0 Å². The number of benzene rings is 4. The molecule has 3 N–H and O–H groups in total. The second kappa shape index (κ2) is 28.2. The van der Waals surface area contributed by atoms with E-state index in [1.54, 1.807) is 73.1 Å². The molecule has 0 saturated carbocycles. The minimum atomic E-state index is -0.336. The molecule has 0 radical (unpaired) electrons. The Morgan fingerprint density at radius 1 is 0.705 bits per heavy atom. The Morgan fingerprint density at radius 3 is 1.51 bits per heavy atom. The number of hydrogen-bond acceptors (Lipinski definition) is 6. The molecule has 328 valence electrons. The van der Waals surface area contributed by atoms with E-state index in [-0.39, 0.29) is 50.1 Å². The molecule has 1 amide bonds. The topological polar surface area (TPSA) is 99.4 Å². The third kappa shape index (κ3) is 16.1. The molecule has 0 aliphatic carbocycles. The smallest absolute Gasteiger partial charge is 0.220 e. The Balaban J connectivity index is 0.000000554. The number of amides is 1. The summed E-state index contributed by atoms with van der Waals surface area (Å²) in [5, 5.41) is 4.05. The Bertz CT molecular complexity index is 2250. The van der Waals surface area contributed by atoms with E-state index in [4.69, 9.17) is 61.6 Å². The van der Waals surface area contributed by atoms with E-state index in [0.29, 0.717) is 93.7 Å². The summed E-state index contributed by atoms with van der Waals surface area (Å²) < 4.78 is 41.3. The van der Waals surface area contributed by atoms with E-state index in [2.05, 4.69) is 15.3 Å². The Labute approximate surface area is 385 Å². The average molecular weight is 937 g/mol. The number of nitrogens with zero attached hydrogens (tertiary/aromatic N) is 2. The minimum absolute atomic E-state index is 0. The minimum Gasteiger partial charge on any atom is -0.496 e. The van der Waals surface area contributed by atoms with Crippen molar-refractivity contribution in [3.05, 3.63) is 165 Å². The Hall–Kier alpha value is -4.48. The third-order valence-corrected chi connectivity index (χ3v) is 9.26. The summed E-state index contributed by atoms with van der Waals surface area (Å²) in [6, 6.07) is 28.7.